The number of benzene rings is 1. The minimum absolute atomic E-state index is 0.159. The first-order chi connectivity index (χ1) is 10.1. The molecule has 0 heterocycles. The standard InChI is InChI=1S/C16H28N2O3/c1-6-16(7-2,21-8-3)15(18-17)13-10-9-12(19-4)11-14(13)20-5/h9-11,15,18H,6-8,17H2,1-5H3. The maximum absolute atomic E-state index is 6.06. The van der Waals surface area contributed by atoms with Crippen LogP contribution >= 0.6 is 0 Å². The van der Waals surface area contributed by atoms with Crippen LogP contribution in [0.3, 0.4) is 0 Å². The van der Waals surface area contributed by atoms with Gasteiger partial charge in [-0.15, -0.1) is 0 Å². The minimum atomic E-state index is -0.370. The minimum Gasteiger partial charge on any atom is -0.497 e. The van der Waals surface area contributed by atoms with E-state index in [-0.39, 0.29) is 11.6 Å². The highest BCUT2D eigenvalue weighted by Gasteiger charge is 2.38. The number of rotatable bonds is 9. The molecule has 3 N–H and O–H groups in total. The van der Waals surface area contributed by atoms with Crippen LogP contribution in [0.25, 0.3) is 0 Å². The summed E-state index contributed by atoms with van der Waals surface area (Å²) in [5, 5.41) is 0. The quantitative estimate of drug-likeness (QED) is 0.542. The molecule has 0 aromatic heterocycles. The van der Waals surface area contributed by atoms with E-state index in [0.717, 1.165) is 29.9 Å². The highest BCUT2D eigenvalue weighted by atomic mass is 16.5. The third-order valence-corrected chi connectivity index (χ3v) is 4.07. The van der Waals surface area contributed by atoms with Gasteiger partial charge in [0.25, 0.3) is 0 Å². The van der Waals surface area contributed by atoms with Gasteiger partial charge in [-0.2, -0.15) is 0 Å². The molecule has 0 saturated heterocycles. The monoisotopic (exact) mass is 296 g/mol. The van der Waals surface area contributed by atoms with Crippen LogP contribution < -0.4 is 20.7 Å². The average molecular weight is 296 g/mol. The number of nitrogens with one attached hydrogen (secondary N) is 1. The summed E-state index contributed by atoms with van der Waals surface area (Å²) in [4.78, 5) is 0. The average Bonchev–Trinajstić information content (AvgIpc) is 2.54. The maximum atomic E-state index is 6.06. The zero-order valence-electron chi connectivity index (χ0n) is 13.7. The summed E-state index contributed by atoms with van der Waals surface area (Å²) >= 11 is 0. The predicted octanol–water partition coefficient (Wildman–Crippen LogP) is 2.80. The largest absolute Gasteiger partial charge is 0.497 e. The van der Waals surface area contributed by atoms with E-state index in [9.17, 15) is 0 Å². The van der Waals surface area contributed by atoms with Gasteiger partial charge in [-0.05, 0) is 31.9 Å². The Kier molecular flexibility index (Phi) is 6.95. The van der Waals surface area contributed by atoms with Crippen molar-refractivity contribution in [2.45, 2.75) is 45.3 Å². The molecule has 1 unspecified atom stereocenters. The third kappa shape index (κ3) is 3.67. The van der Waals surface area contributed by atoms with Gasteiger partial charge in [0, 0.05) is 18.2 Å². The Morgan fingerprint density at radius 1 is 1.14 bits per heavy atom. The molecule has 0 amide bonds. The molecule has 0 aliphatic heterocycles. The second-order valence-electron chi connectivity index (χ2n) is 4.91. The lowest BCUT2D eigenvalue weighted by atomic mass is 9.83. The topological polar surface area (TPSA) is 65.7 Å². The molecule has 1 aromatic rings. The second-order valence-corrected chi connectivity index (χ2v) is 4.91. The molecule has 1 aromatic carbocycles. The van der Waals surface area contributed by atoms with Gasteiger partial charge in [-0.25, -0.2) is 5.43 Å². The van der Waals surface area contributed by atoms with Crippen molar-refractivity contribution in [1.29, 1.82) is 0 Å². The number of methoxy groups -OCH3 is 2. The van der Waals surface area contributed by atoms with Crippen LogP contribution in [0, 0.1) is 0 Å². The molecule has 0 bridgehead atoms. The van der Waals surface area contributed by atoms with Gasteiger partial charge < -0.3 is 14.2 Å². The van der Waals surface area contributed by atoms with Crippen LogP contribution in [0.15, 0.2) is 18.2 Å². The zero-order chi connectivity index (χ0) is 15.9. The third-order valence-electron chi connectivity index (χ3n) is 4.07. The van der Waals surface area contributed by atoms with Crippen molar-refractivity contribution in [2.24, 2.45) is 5.84 Å². The van der Waals surface area contributed by atoms with Gasteiger partial charge in [0.05, 0.1) is 25.9 Å². The summed E-state index contributed by atoms with van der Waals surface area (Å²) in [6.07, 6.45) is 1.70. The number of hydrogen-bond acceptors (Lipinski definition) is 5. The summed E-state index contributed by atoms with van der Waals surface area (Å²) in [5.41, 5.74) is 3.51. The summed E-state index contributed by atoms with van der Waals surface area (Å²) in [5.74, 6) is 7.34. The van der Waals surface area contributed by atoms with Gasteiger partial charge in [-0.1, -0.05) is 13.8 Å². The molecule has 21 heavy (non-hydrogen) atoms. The van der Waals surface area contributed by atoms with Crippen molar-refractivity contribution in [3.05, 3.63) is 23.8 Å². The summed E-state index contributed by atoms with van der Waals surface area (Å²) in [6.45, 7) is 6.86. The first-order valence-electron chi connectivity index (χ1n) is 7.44. The van der Waals surface area contributed by atoms with Crippen LogP contribution in [0.1, 0.15) is 45.2 Å². The zero-order valence-corrected chi connectivity index (χ0v) is 13.7. The van der Waals surface area contributed by atoms with Crippen LogP contribution in [-0.2, 0) is 4.74 Å². The Hall–Kier alpha value is -1.30. The molecule has 1 atom stereocenters. The Morgan fingerprint density at radius 2 is 1.81 bits per heavy atom. The molecule has 0 saturated carbocycles. The van der Waals surface area contributed by atoms with Gasteiger partial charge in [-0.3, -0.25) is 5.84 Å². The van der Waals surface area contributed by atoms with Gasteiger partial charge in [0.1, 0.15) is 11.5 Å². The fourth-order valence-electron chi connectivity index (χ4n) is 2.82. The number of nitrogens with two attached hydrogens (primary N) is 1. The molecule has 0 radical (unpaired) electrons. The Morgan fingerprint density at radius 3 is 2.24 bits per heavy atom. The molecule has 1 rings (SSSR count). The number of hydrazine groups is 1. The fraction of sp³-hybridized carbons (Fsp3) is 0.625. The van der Waals surface area contributed by atoms with E-state index >= 15 is 0 Å². The molecule has 5 heteroatoms. The van der Waals surface area contributed by atoms with Crippen LogP contribution in [-0.4, -0.2) is 26.4 Å². The summed E-state index contributed by atoms with van der Waals surface area (Å²) in [7, 11) is 3.28. The van der Waals surface area contributed by atoms with Gasteiger partial charge in [0.2, 0.25) is 0 Å². The summed E-state index contributed by atoms with van der Waals surface area (Å²) < 4.78 is 16.8. The van der Waals surface area contributed by atoms with E-state index in [1.54, 1.807) is 14.2 Å². The van der Waals surface area contributed by atoms with E-state index in [1.165, 1.54) is 0 Å². The lowest BCUT2D eigenvalue weighted by molar-refractivity contribution is -0.0738. The van der Waals surface area contributed by atoms with E-state index < -0.39 is 0 Å². The lowest BCUT2D eigenvalue weighted by Crippen LogP contribution is -2.48. The molecule has 0 spiro atoms. The molecule has 5 nitrogen and oxygen atoms in total. The predicted molar refractivity (Wildman–Crippen MR) is 84.5 cm³/mol. The van der Waals surface area contributed by atoms with Crippen molar-refractivity contribution in [2.75, 3.05) is 20.8 Å². The first-order valence-corrected chi connectivity index (χ1v) is 7.44. The molecule has 0 aliphatic carbocycles. The summed E-state index contributed by atoms with van der Waals surface area (Å²) in [6, 6.07) is 5.58. The fourth-order valence-corrected chi connectivity index (χ4v) is 2.82. The normalized spacial score (nSPS) is 13.0. The Bertz CT molecular complexity index is 434. The highest BCUT2D eigenvalue weighted by molar-refractivity contribution is 5.43. The maximum Gasteiger partial charge on any atom is 0.127 e. The van der Waals surface area contributed by atoms with Crippen molar-refractivity contribution in [1.82, 2.24) is 5.43 Å². The smallest absolute Gasteiger partial charge is 0.127 e. The SMILES string of the molecule is CCOC(CC)(CC)C(NN)c1ccc(OC)cc1OC. The van der Waals surface area contributed by atoms with Crippen LogP contribution in [0.4, 0.5) is 0 Å². The van der Waals surface area contributed by atoms with E-state index in [4.69, 9.17) is 20.1 Å². The van der Waals surface area contributed by atoms with Crippen molar-refractivity contribution < 1.29 is 14.2 Å². The van der Waals surface area contributed by atoms with Crippen molar-refractivity contribution in [3.8, 4) is 11.5 Å². The van der Waals surface area contributed by atoms with Crippen molar-refractivity contribution in [3.63, 3.8) is 0 Å². The molecule has 0 fully saturated rings. The number of hydrogen-bond donors (Lipinski definition) is 2. The van der Waals surface area contributed by atoms with Crippen LogP contribution in [0.5, 0.6) is 11.5 Å². The Labute approximate surface area is 127 Å². The lowest BCUT2D eigenvalue weighted by Gasteiger charge is -2.39. The molecule has 120 valence electrons. The molecular formula is C16H28N2O3. The van der Waals surface area contributed by atoms with E-state index in [0.29, 0.717) is 6.61 Å². The van der Waals surface area contributed by atoms with Gasteiger partial charge >= 0.3 is 0 Å². The second kappa shape index (κ2) is 8.22. The van der Waals surface area contributed by atoms with Crippen LogP contribution in [0.2, 0.25) is 0 Å². The molecule has 0 aliphatic rings. The Balaban J connectivity index is 3.30. The van der Waals surface area contributed by atoms with Crippen molar-refractivity contribution >= 4 is 0 Å². The van der Waals surface area contributed by atoms with Gasteiger partial charge in [0.15, 0.2) is 0 Å². The molecular weight excluding hydrogens is 268 g/mol. The first kappa shape index (κ1) is 17.8. The number of ether oxygens (including phenoxy) is 3. The van der Waals surface area contributed by atoms with E-state index in [1.807, 2.05) is 25.1 Å². The van der Waals surface area contributed by atoms with E-state index in [2.05, 4.69) is 19.3 Å². The highest BCUT2D eigenvalue weighted by Crippen LogP contribution is 2.40.